The second-order valence-electron chi connectivity index (χ2n) is 6.58. The number of amides is 1. The number of hydrazone groups is 1. The van der Waals surface area contributed by atoms with Gasteiger partial charge in [-0.2, -0.15) is 5.10 Å². The Morgan fingerprint density at radius 1 is 1.00 bits per heavy atom. The maximum Gasteiger partial charge on any atom is 0.264 e. The molecule has 0 aliphatic rings. The fourth-order valence-electron chi connectivity index (χ4n) is 2.80. The van der Waals surface area contributed by atoms with Crippen molar-refractivity contribution in [1.82, 2.24) is 5.43 Å². The lowest BCUT2D eigenvalue weighted by Gasteiger charge is -2.25. The minimum absolute atomic E-state index is 0.0883. The summed E-state index contributed by atoms with van der Waals surface area (Å²) >= 11 is 11.8. The number of halogens is 2. The van der Waals surface area contributed by atoms with E-state index in [1.807, 2.05) is 0 Å². The summed E-state index contributed by atoms with van der Waals surface area (Å²) in [6.07, 6.45) is 1.39. The largest absolute Gasteiger partial charge is 0.271 e. The van der Waals surface area contributed by atoms with E-state index in [0.29, 0.717) is 26.9 Å². The van der Waals surface area contributed by atoms with Gasteiger partial charge in [-0.1, -0.05) is 65.7 Å². The number of rotatable bonds is 7. The highest BCUT2D eigenvalue weighted by Crippen LogP contribution is 2.26. The van der Waals surface area contributed by atoms with E-state index < -0.39 is 22.5 Å². The predicted octanol–water partition coefficient (Wildman–Crippen LogP) is 4.65. The molecule has 0 atom stereocenters. The van der Waals surface area contributed by atoms with Gasteiger partial charge in [-0.25, -0.2) is 13.8 Å². The number of sulfonamides is 1. The topological polar surface area (TPSA) is 78.8 Å². The van der Waals surface area contributed by atoms with E-state index in [1.54, 1.807) is 67.6 Å². The van der Waals surface area contributed by atoms with Gasteiger partial charge in [0.25, 0.3) is 15.9 Å². The van der Waals surface area contributed by atoms with Crippen molar-refractivity contribution in [3.05, 3.63) is 94.0 Å². The molecule has 3 aromatic carbocycles. The molecule has 3 aromatic rings. The summed E-state index contributed by atoms with van der Waals surface area (Å²) in [7, 11) is -3.97. The van der Waals surface area contributed by atoms with Gasteiger partial charge in [0, 0.05) is 0 Å². The molecule has 0 aliphatic carbocycles. The van der Waals surface area contributed by atoms with Gasteiger partial charge in [0.1, 0.15) is 6.54 Å². The molecule has 160 valence electrons. The summed E-state index contributed by atoms with van der Waals surface area (Å²) in [6.45, 7) is 1.34. The van der Waals surface area contributed by atoms with Crippen molar-refractivity contribution in [2.45, 2.75) is 11.8 Å². The number of hydrogen-bond acceptors (Lipinski definition) is 4. The Morgan fingerprint density at radius 3 is 2.35 bits per heavy atom. The highest BCUT2D eigenvalue weighted by molar-refractivity contribution is 7.92. The van der Waals surface area contributed by atoms with Crippen molar-refractivity contribution in [3.8, 4) is 0 Å². The molecule has 0 radical (unpaired) electrons. The predicted molar refractivity (Wildman–Crippen MR) is 124 cm³/mol. The third kappa shape index (κ3) is 5.64. The van der Waals surface area contributed by atoms with E-state index in [9.17, 15) is 13.2 Å². The van der Waals surface area contributed by atoms with Crippen LogP contribution in [0.1, 0.15) is 11.1 Å². The quantitative estimate of drug-likeness (QED) is 0.399. The minimum atomic E-state index is -3.97. The Kier molecular flexibility index (Phi) is 7.33. The van der Waals surface area contributed by atoms with Gasteiger partial charge in [-0.05, 0) is 48.4 Å². The monoisotopic (exact) mass is 475 g/mol. The highest BCUT2D eigenvalue weighted by atomic mass is 35.5. The van der Waals surface area contributed by atoms with E-state index in [4.69, 9.17) is 23.2 Å². The molecule has 1 amide bonds. The smallest absolute Gasteiger partial charge is 0.264 e. The maximum absolute atomic E-state index is 13.3. The van der Waals surface area contributed by atoms with Crippen molar-refractivity contribution < 1.29 is 13.2 Å². The second kappa shape index (κ2) is 9.96. The van der Waals surface area contributed by atoms with Crippen molar-refractivity contribution in [2.75, 3.05) is 10.8 Å². The minimum Gasteiger partial charge on any atom is -0.271 e. The molecular formula is C22H19Cl2N3O3S. The number of hydrogen-bond donors (Lipinski definition) is 1. The first kappa shape index (κ1) is 22.8. The summed E-state index contributed by atoms with van der Waals surface area (Å²) < 4.78 is 27.6. The molecule has 0 unspecified atom stereocenters. The first-order valence-electron chi connectivity index (χ1n) is 9.19. The molecule has 6 nitrogen and oxygen atoms in total. The van der Waals surface area contributed by atoms with E-state index >= 15 is 0 Å². The normalized spacial score (nSPS) is 11.5. The zero-order valence-electron chi connectivity index (χ0n) is 16.5. The molecular weight excluding hydrogens is 457 g/mol. The highest BCUT2D eigenvalue weighted by Gasteiger charge is 2.27. The average molecular weight is 476 g/mol. The van der Waals surface area contributed by atoms with Gasteiger partial charge in [-0.3, -0.25) is 9.10 Å². The molecule has 0 spiro atoms. The number of anilines is 1. The molecule has 0 heterocycles. The van der Waals surface area contributed by atoms with Crippen LogP contribution in [0.4, 0.5) is 5.69 Å². The lowest BCUT2D eigenvalue weighted by atomic mass is 10.2. The lowest BCUT2D eigenvalue weighted by Crippen LogP contribution is -2.40. The van der Waals surface area contributed by atoms with E-state index in [2.05, 4.69) is 10.5 Å². The summed E-state index contributed by atoms with van der Waals surface area (Å²) in [5.41, 5.74) is 4.11. The molecule has 0 aliphatic heterocycles. The first-order valence-corrected chi connectivity index (χ1v) is 11.4. The molecule has 31 heavy (non-hydrogen) atoms. The number of benzene rings is 3. The van der Waals surface area contributed by atoms with Gasteiger partial charge in [-0.15, -0.1) is 0 Å². The van der Waals surface area contributed by atoms with Crippen LogP contribution >= 0.6 is 23.2 Å². The summed E-state index contributed by atoms with van der Waals surface area (Å²) in [6, 6.07) is 19.8. The Morgan fingerprint density at radius 2 is 1.68 bits per heavy atom. The van der Waals surface area contributed by atoms with Crippen molar-refractivity contribution in [1.29, 1.82) is 0 Å². The Hall–Kier alpha value is -2.87. The molecule has 0 fully saturated rings. The number of aryl methyl sites for hydroxylation is 1. The van der Waals surface area contributed by atoms with E-state index in [-0.39, 0.29) is 4.90 Å². The van der Waals surface area contributed by atoms with Crippen molar-refractivity contribution in [2.24, 2.45) is 5.10 Å². The van der Waals surface area contributed by atoms with Gasteiger partial charge in [0.15, 0.2) is 0 Å². The fourth-order valence-corrected chi connectivity index (χ4v) is 4.61. The Bertz CT molecular complexity index is 1220. The van der Waals surface area contributed by atoms with Crippen LogP contribution in [0.5, 0.6) is 0 Å². The van der Waals surface area contributed by atoms with Gasteiger partial charge in [0.05, 0.1) is 26.8 Å². The van der Waals surface area contributed by atoms with Crippen LogP contribution in [0, 0.1) is 6.92 Å². The maximum atomic E-state index is 13.3. The van der Waals surface area contributed by atoms with Crippen LogP contribution < -0.4 is 9.73 Å². The SMILES string of the molecule is Cc1ccccc1N(CC(=O)N/N=C\c1ccc(Cl)c(Cl)c1)S(=O)(=O)c1ccccc1. The molecule has 1 N–H and O–H groups in total. The zero-order valence-corrected chi connectivity index (χ0v) is 18.8. The number of carbonyl (C=O) groups is 1. The van der Waals surface area contributed by atoms with E-state index in [1.165, 1.54) is 18.3 Å². The number of para-hydroxylation sites is 1. The standard InChI is InChI=1S/C22H19Cl2N3O3S/c1-16-7-5-6-10-21(16)27(31(29,30)18-8-3-2-4-9-18)15-22(28)26-25-14-17-11-12-19(23)20(24)13-17/h2-14H,15H2,1H3,(H,26,28)/b25-14-. The number of carbonyl (C=O) groups excluding carboxylic acids is 1. The zero-order chi connectivity index (χ0) is 22.4. The molecule has 3 rings (SSSR count). The van der Waals surface area contributed by atoms with Crippen LogP contribution in [0.15, 0.2) is 82.8 Å². The Labute approximate surface area is 191 Å². The van der Waals surface area contributed by atoms with Crippen LogP contribution in [0.3, 0.4) is 0 Å². The molecule has 0 aromatic heterocycles. The number of nitrogens with zero attached hydrogens (tertiary/aromatic N) is 2. The van der Waals surface area contributed by atoms with Crippen LogP contribution in [0.25, 0.3) is 0 Å². The lowest BCUT2D eigenvalue weighted by molar-refractivity contribution is -0.119. The van der Waals surface area contributed by atoms with Crippen molar-refractivity contribution in [3.63, 3.8) is 0 Å². The first-order chi connectivity index (χ1) is 14.8. The van der Waals surface area contributed by atoms with Crippen molar-refractivity contribution >= 4 is 51.0 Å². The van der Waals surface area contributed by atoms with Gasteiger partial charge in [0.2, 0.25) is 0 Å². The Balaban J connectivity index is 1.83. The van der Waals surface area contributed by atoms with Gasteiger partial charge >= 0.3 is 0 Å². The van der Waals surface area contributed by atoms with Crippen LogP contribution in [-0.2, 0) is 14.8 Å². The number of nitrogens with one attached hydrogen (secondary N) is 1. The molecule has 0 saturated carbocycles. The molecule has 9 heteroatoms. The van der Waals surface area contributed by atoms with Gasteiger partial charge < -0.3 is 0 Å². The molecule has 0 saturated heterocycles. The summed E-state index contributed by atoms with van der Waals surface area (Å²) in [5.74, 6) is -0.598. The third-order valence-corrected chi connectivity index (χ3v) is 6.86. The summed E-state index contributed by atoms with van der Waals surface area (Å²) in [4.78, 5) is 12.6. The van der Waals surface area contributed by atoms with Crippen LogP contribution in [0.2, 0.25) is 10.0 Å². The van der Waals surface area contributed by atoms with E-state index in [0.717, 1.165) is 4.31 Å². The third-order valence-electron chi connectivity index (χ3n) is 4.35. The average Bonchev–Trinajstić information content (AvgIpc) is 2.76. The summed E-state index contributed by atoms with van der Waals surface area (Å²) in [5, 5.41) is 4.65. The van der Waals surface area contributed by atoms with Crippen LogP contribution in [-0.4, -0.2) is 27.1 Å². The second-order valence-corrected chi connectivity index (χ2v) is 9.25. The molecule has 0 bridgehead atoms. The fraction of sp³-hybridized carbons (Fsp3) is 0.0909.